The third-order valence-corrected chi connectivity index (χ3v) is 5.68. The van der Waals surface area contributed by atoms with E-state index >= 15 is 0 Å². The number of rotatable bonds is 19. The molecule has 34 heavy (non-hydrogen) atoms. The smallest absolute Gasteiger partial charge is 0.305 e. The number of unbranched alkanes of at least 4 members (excludes halogenated alkanes) is 1. The van der Waals surface area contributed by atoms with Crippen LogP contribution in [0.5, 0.6) is 5.75 Å². The average Bonchev–Trinajstić information content (AvgIpc) is 2.83. The highest BCUT2D eigenvalue weighted by molar-refractivity contribution is 5.70. The molecule has 0 spiro atoms. The standard InChI is InChI=1S/C26H43N3O5/c1-5-9-12-21(6-2)20-34-24-19-22(15-16-23(24)28-27)29(17-10-13-25(30)32-7-3)18-11-14-26(31)33-8-4/h15-16,19,21,27H,5-14,17-18,20H2,1-4H3. The zero-order chi connectivity index (χ0) is 25.2. The zero-order valence-corrected chi connectivity index (χ0v) is 21.4. The van der Waals surface area contributed by atoms with Crippen molar-refractivity contribution in [3.8, 4) is 5.75 Å². The Morgan fingerprint density at radius 1 is 0.971 bits per heavy atom. The van der Waals surface area contributed by atoms with Gasteiger partial charge in [0.25, 0.3) is 0 Å². The molecule has 0 saturated heterocycles. The molecule has 0 aliphatic carbocycles. The van der Waals surface area contributed by atoms with Gasteiger partial charge in [0, 0.05) is 37.7 Å². The number of anilines is 1. The summed E-state index contributed by atoms with van der Waals surface area (Å²) in [6.07, 6.45) is 6.43. The fourth-order valence-corrected chi connectivity index (χ4v) is 3.68. The summed E-state index contributed by atoms with van der Waals surface area (Å²) < 4.78 is 16.2. The molecule has 1 N–H and O–H groups in total. The van der Waals surface area contributed by atoms with Gasteiger partial charge in [-0.3, -0.25) is 9.59 Å². The first-order valence-electron chi connectivity index (χ1n) is 12.7. The van der Waals surface area contributed by atoms with Gasteiger partial charge in [-0.15, -0.1) is 0 Å². The summed E-state index contributed by atoms with van der Waals surface area (Å²) in [6.45, 7) is 10.6. The van der Waals surface area contributed by atoms with Crippen LogP contribution in [0.3, 0.4) is 0 Å². The van der Waals surface area contributed by atoms with E-state index in [4.69, 9.17) is 19.7 Å². The van der Waals surface area contributed by atoms with Gasteiger partial charge in [0.1, 0.15) is 11.4 Å². The highest BCUT2D eigenvalue weighted by Gasteiger charge is 2.15. The topological polar surface area (TPSA) is 101 Å². The highest BCUT2D eigenvalue weighted by atomic mass is 16.5. The van der Waals surface area contributed by atoms with Gasteiger partial charge in [0.15, 0.2) is 0 Å². The first kappa shape index (κ1) is 29.4. The molecule has 8 nitrogen and oxygen atoms in total. The summed E-state index contributed by atoms with van der Waals surface area (Å²) in [7, 11) is 0. The van der Waals surface area contributed by atoms with Gasteiger partial charge in [-0.05, 0) is 51.2 Å². The number of hydrogen-bond donors (Lipinski definition) is 1. The van der Waals surface area contributed by atoms with Crippen molar-refractivity contribution in [1.29, 1.82) is 5.53 Å². The Balaban J connectivity index is 2.93. The zero-order valence-electron chi connectivity index (χ0n) is 21.4. The molecule has 0 heterocycles. The molecule has 0 aliphatic heterocycles. The number of nitrogens with one attached hydrogen (secondary N) is 1. The first-order chi connectivity index (χ1) is 16.5. The molecule has 8 heteroatoms. The van der Waals surface area contributed by atoms with Crippen LogP contribution in [0.4, 0.5) is 11.4 Å². The molecule has 1 aromatic rings. The number of hydrogen-bond acceptors (Lipinski definition) is 8. The quantitative estimate of drug-likeness (QED) is 0.182. The lowest BCUT2D eigenvalue weighted by molar-refractivity contribution is -0.144. The second-order valence-electron chi connectivity index (χ2n) is 8.30. The van der Waals surface area contributed by atoms with Crippen LogP contribution >= 0.6 is 0 Å². The van der Waals surface area contributed by atoms with Crippen molar-refractivity contribution in [3.05, 3.63) is 18.2 Å². The third kappa shape index (κ3) is 11.5. The van der Waals surface area contributed by atoms with Gasteiger partial charge in [-0.25, -0.2) is 5.53 Å². The van der Waals surface area contributed by atoms with Crippen LogP contribution in [-0.2, 0) is 19.1 Å². The van der Waals surface area contributed by atoms with E-state index in [9.17, 15) is 9.59 Å². The largest absolute Gasteiger partial charge is 0.491 e. The van der Waals surface area contributed by atoms with E-state index in [2.05, 4.69) is 23.9 Å². The fourth-order valence-electron chi connectivity index (χ4n) is 3.68. The Hall–Kier alpha value is -2.64. The maximum Gasteiger partial charge on any atom is 0.305 e. The molecule has 0 aliphatic rings. The summed E-state index contributed by atoms with van der Waals surface area (Å²) in [5.74, 6) is 0.633. The van der Waals surface area contributed by atoms with Gasteiger partial charge in [-0.1, -0.05) is 33.1 Å². The summed E-state index contributed by atoms with van der Waals surface area (Å²) in [5, 5.41) is 3.63. The Labute approximate surface area is 204 Å². The fraction of sp³-hybridized carbons (Fsp3) is 0.692. The van der Waals surface area contributed by atoms with Gasteiger partial charge in [-0.2, -0.15) is 5.11 Å². The molecule has 192 valence electrons. The Kier molecular flexibility index (Phi) is 15.4. The Bertz CT molecular complexity index is 717. The van der Waals surface area contributed by atoms with Gasteiger partial charge < -0.3 is 19.1 Å². The van der Waals surface area contributed by atoms with Crippen LogP contribution in [0.25, 0.3) is 0 Å². The summed E-state index contributed by atoms with van der Waals surface area (Å²) in [6, 6.07) is 5.60. The molecule has 1 aromatic carbocycles. The van der Waals surface area contributed by atoms with Gasteiger partial charge in [0.2, 0.25) is 0 Å². The molecule has 0 amide bonds. The molecular weight excluding hydrogens is 434 g/mol. The Morgan fingerprint density at radius 3 is 2.09 bits per heavy atom. The molecule has 1 unspecified atom stereocenters. The molecule has 1 rings (SSSR count). The number of esters is 2. The lowest BCUT2D eigenvalue weighted by Crippen LogP contribution is -2.27. The predicted octanol–water partition coefficient (Wildman–Crippen LogP) is 6.44. The SMILES string of the molecule is CCCCC(CC)COc1cc(N(CCCC(=O)OCC)CCCC(=O)OCC)ccc1N=N. The highest BCUT2D eigenvalue weighted by Crippen LogP contribution is 2.33. The lowest BCUT2D eigenvalue weighted by Gasteiger charge is -2.26. The molecule has 0 radical (unpaired) electrons. The molecule has 0 fully saturated rings. The Morgan fingerprint density at radius 2 is 1.59 bits per heavy atom. The molecule has 1 atom stereocenters. The van der Waals surface area contributed by atoms with Gasteiger partial charge >= 0.3 is 11.9 Å². The average molecular weight is 478 g/mol. The molecule has 0 aromatic heterocycles. The maximum atomic E-state index is 11.8. The summed E-state index contributed by atoms with van der Waals surface area (Å²) >= 11 is 0. The van der Waals surface area contributed by atoms with E-state index < -0.39 is 0 Å². The monoisotopic (exact) mass is 477 g/mol. The lowest BCUT2D eigenvalue weighted by atomic mass is 10.0. The number of carbonyl (C=O) groups is 2. The number of ether oxygens (including phenoxy) is 3. The van der Waals surface area contributed by atoms with Crippen molar-refractivity contribution in [2.45, 2.75) is 79.1 Å². The molecule has 0 bridgehead atoms. The number of carbonyl (C=O) groups excluding carboxylic acids is 2. The van der Waals surface area contributed by atoms with Crippen LogP contribution in [0.1, 0.15) is 79.1 Å². The number of nitrogens with zero attached hydrogens (tertiary/aromatic N) is 2. The van der Waals surface area contributed by atoms with Crippen LogP contribution < -0.4 is 9.64 Å². The third-order valence-electron chi connectivity index (χ3n) is 5.68. The van der Waals surface area contributed by atoms with Crippen molar-refractivity contribution < 1.29 is 23.8 Å². The van der Waals surface area contributed by atoms with Crippen molar-refractivity contribution >= 4 is 23.3 Å². The van der Waals surface area contributed by atoms with Crippen LogP contribution in [0.15, 0.2) is 23.3 Å². The van der Waals surface area contributed by atoms with E-state index in [0.717, 1.165) is 24.9 Å². The van der Waals surface area contributed by atoms with E-state index in [1.165, 1.54) is 6.42 Å². The number of benzene rings is 1. The summed E-state index contributed by atoms with van der Waals surface area (Å²) in [4.78, 5) is 25.7. The van der Waals surface area contributed by atoms with E-state index in [-0.39, 0.29) is 11.9 Å². The molecular formula is C26H43N3O5. The van der Waals surface area contributed by atoms with Gasteiger partial charge in [0.05, 0.1) is 19.8 Å². The first-order valence-corrected chi connectivity index (χ1v) is 12.7. The van der Waals surface area contributed by atoms with Crippen molar-refractivity contribution in [3.63, 3.8) is 0 Å². The minimum atomic E-state index is -0.209. The van der Waals surface area contributed by atoms with E-state index in [1.54, 1.807) is 19.9 Å². The minimum Gasteiger partial charge on any atom is -0.491 e. The van der Waals surface area contributed by atoms with E-state index in [0.29, 0.717) is 75.9 Å². The van der Waals surface area contributed by atoms with Crippen LogP contribution in [0, 0.1) is 11.4 Å². The van der Waals surface area contributed by atoms with Crippen molar-refractivity contribution in [2.75, 3.05) is 37.8 Å². The minimum absolute atomic E-state index is 0.209. The second-order valence-corrected chi connectivity index (χ2v) is 8.30. The van der Waals surface area contributed by atoms with Crippen molar-refractivity contribution in [2.24, 2.45) is 11.0 Å². The van der Waals surface area contributed by atoms with Crippen molar-refractivity contribution in [1.82, 2.24) is 0 Å². The molecule has 0 saturated carbocycles. The van der Waals surface area contributed by atoms with Crippen LogP contribution in [0.2, 0.25) is 0 Å². The van der Waals surface area contributed by atoms with Crippen LogP contribution in [-0.4, -0.2) is 44.8 Å². The normalized spacial score (nSPS) is 11.5. The second kappa shape index (κ2) is 17.8. The summed E-state index contributed by atoms with van der Waals surface area (Å²) in [5.41, 5.74) is 8.93. The van der Waals surface area contributed by atoms with E-state index in [1.807, 2.05) is 12.1 Å². The predicted molar refractivity (Wildman–Crippen MR) is 134 cm³/mol. The maximum absolute atomic E-state index is 11.8.